The largest absolute Gasteiger partial charge is 0.0776 e. The van der Waals surface area contributed by atoms with E-state index in [2.05, 4.69) is 20.8 Å². The summed E-state index contributed by atoms with van der Waals surface area (Å²) in [4.78, 5) is 0. The SMILES string of the molecule is C.CCCC(C)CC. The minimum Gasteiger partial charge on any atom is -0.0776 e. The van der Waals surface area contributed by atoms with Gasteiger partial charge in [-0.2, -0.15) is 0 Å². The molecule has 0 amide bonds. The standard InChI is InChI=1S/C7H16.CH4/c1-4-6-7(3)5-2;/h7H,4-6H2,1-3H3;1H4. The second kappa shape index (κ2) is 7.00. The van der Waals surface area contributed by atoms with Crippen molar-refractivity contribution in [1.29, 1.82) is 0 Å². The summed E-state index contributed by atoms with van der Waals surface area (Å²) in [5.41, 5.74) is 0. The highest BCUT2D eigenvalue weighted by atomic mass is 14.0. The van der Waals surface area contributed by atoms with Gasteiger partial charge in [0, 0.05) is 0 Å². The monoisotopic (exact) mass is 116 g/mol. The maximum Gasteiger partial charge on any atom is -0.0446 e. The van der Waals surface area contributed by atoms with Crippen molar-refractivity contribution in [3.63, 3.8) is 0 Å². The third kappa shape index (κ3) is 6.00. The number of hydrogen-bond donors (Lipinski definition) is 0. The first kappa shape index (κ1) is 10.9. The van der Waals surface area contributed by atoms with Crippen molar-refractivity contribution in [2.75, 3.05) is 0 Å². The van der Waals surface area contributed by atoms with Crippen LogP contribution in [0.15, 0.2) is 0 Å². The van der Waals surface area contributed by atoms with Gasteiger partial charge in [0.25, 0.3) is 0 Å². The second-order valence-electron chi connectivity index (χ2n) is 2.30. The highest BCUT2D eigenvalue weighted by Crippen LogP contribution is 2.07. The molecule has 0 heteroatoms. The zero-order valence-corrected chi connectivity index (χ0v) is 5.70. The van der Waals surface area contributed by atoms with Crippen LogP contribution in [0, 0.1) is 5.92 Å². The molecule has 0 aliphatic carbocycles. The molecule has 0 aromatic carbocycles. The molecule has 0 saturated carbocycles. The third-order valence-corrected chi connectivity index (χ3v) is 1.48. The fourth-order valence-electron chi connectivity index (χ4n) is 0.697. The van der Waals surface area contributed by atoms with E-state index in [1.165, 1.54) is 19.3 Å². The van der Waals surface area contributed by atoms with Crippen LogP contribution in [0.5, 0.6) is 0 Å². The van der Waals surface area contributed by atoms with Crippen molar-refractivity contribution in [2.24, 2.45) is 5.92 Å². The average Bonchev–Trinajstić information content (AvgIpc) is 1.68. The van der Waals surface area contributed by atoms with Gasteiger partial charge in [-0.05, 0) is 5.92 Å². The molecule has 52 valence electrons. The Balaban J connectivity index is 0. The average molecular weight is 116 g/mol. The lowest BCUT2D eigenvalue weighted by Crippen LogP contribution is -1.88. The van der Waals surface area contributed by atoms with E-state index in [0.29, 0.717) is 0 Å². The van der Waals surface area contributed by atoms with Crippen LogP contribution >= 0.6 is 0 Å². The van der Waals surface area contributed by atoms with Crippen molar-refractivity contribution in [3.8, 4) is 0 Å². The Kier molecular flexibility index (Phi) is 9.53. The quantitative estimate of drug-likeness (QED) is 0.529. The van der Waals surface area contributed by atoms with Crippen LogP contribution < -0.4 is 0 Å². The summed E-state index contributed by atoms with van der Waals surface area (Å²) in [5, 5.41) is 0. The summed E-state index contributed by atoms with van der Waals surface area (Å²) in [5.74, 6) is 0.949. The Morgan fingerprint density at radius 3 is 1.88 bits per heavy atom. The lowest BCUT2D eigenvalue weighted by molar-refractivity contribution is 0.509. The van der Waals surface area contributed by atoms with Gasteiger partial charge in [-0.1, -0.05) is 47.5 Å². The van der Waals surface area contributed by atoms with Crippen molar-refractivity contribution in [3.05, 3.63) is 0 Å². The van der Waals surface area contributed by atoms with E-state index < -0.39 is 0 Å². The summed E-state index contributed by atoms with van der Waals surface area (Å²) in [6.45, 7) is 6.80. The minimum atomic E-state index is 0. The van der Waals surface area contributed by atoms with Gasteiger partial charge < -0.3 is 0 Å². The van der Waals surface area contributed by atoms with Crippen LogP contribution in [0.4, 0.5) is 0 Å². The van der Waals surface area contributed by atoms with Crippen LogP contribution in [-0.4, -0.2) is 0 Å². The van der Waals surface area contributed by atoms with E-state index in [1.807, 2.05) is 0 Å². The first-order valence-corrected chi connectivity index (χ1v) is 3.31. The first-order chi connectivity index (χ1) is 3.31. The Labute approximate surface area is 54.3 Å². The lowest BCUT2D eigenvalue weighted by atomic mass is 10.0. The molecular formula is C8H20. The molecule has 0 radical (unpaired) electrons. The Morgan fingerprint density at radius 1 is 1.25 bits per heavy atom. The van der Waals surface area contributed by atoms with Crippen LogP contribution in [0.1, 0.15) is 47.5 Å². The molecule has 0 saturated heterocycles. The van der Waals surface area contributed by atoms with Gasteiger partial charge in [-0.15, -0.1) is 0 Å². The summed E-state index contributed by atoms with van der Waals surface area (Å²) in [6.07, 6.45) is 4.08. The Morgan fingerprint density at radius 2 is 1.75 bits per heavy atom. The van der Waals surface area contributed by atoms with Gasteiger partial charge in [-0.25, -0.2) is 0 Å². The second-order valence-corrected chi connectivity index (χ2v) is 2.30. The third-order valence-electron chi connectivity index (χ3n) is 1.48. The molecule has 0 fully saturated rings. The Bertz CT molecular complexity index is 31.0. The van der Waals surface area contributed by atoms with Gasteiger partial charge in [0.2, 0.25) is 0 Å². The van der Waals surface area contributed by atoms with Crippen LogP contribution in [0.2, 0.25) is 0 Å². The van der Waals surface area contributed by atoms with Crippen LogP contribution in [0.3, 0.4) is 0 Å². The highest BCUT2D eigenvalue weighted by molar-refractivity contribution is 4.45. The molecule has 0 rings (SSSR count). The van der Waals surface area contributed by atoms with E-state index >= 15 is 0 Å². The Hall–Kier alpha value is 0. The van der Waals surface area contributed by atoms with Crippen LogP contribution in [0.25, 0.3) is 0 Å². The first-order valence-electron chi connectivity index (χ1n) is 3.31. The van der Waals surface area contributed by atoms with E-state index in [-0.39, 0.29) is 7.43 Å². The molecule has 0 aromatic heterocycles. The van der Waals surface area contributed by atoms with Gasteiger partial charge in [0.1, 0.15) is 0 Å². The van der Waals surface area contributed by atoms with Crippen LogP contribution in [-0.2, 0) is 0 Å². The van der Waals surface area contributed by atoms with Crippen molar-refractivity contribution >= 4 is 0 Å². The molecule has 0 aliphatic rings. The molecule has 1 atom stereocenters. The van der Waals surface area contributed by atoms with Gasteiger partial charge >= 0.3 is 0 Å². The molecular weight excluding hydrogens is 96.1 g/mol. The van der Waals surface area contributed by atoms with Gasteiger partial charge in [0.15, 0.2) is 0 Å². The van der Waals surface area contributed by atoms with Crippen molar-refractivity contribution in [1.82, 2.24) is 0 Å². The minimum absolute atomic E-state index is 0. The topological polar surface area (TPSA) is 0 Å². The highest BCUT2D eigenvalue weighted by Gasteiger charge is 1.92. The molecule has 0 nitrogen and oxygen atoms in total. The lowest BCUT2D eigenvalue weighted by Gasteiger charge is -2.02. The molecule has 0 spiro atoms. The summed E-state index contributed by atoms with van der Waals surface area (Å²) in [6, 6.07) is 0. The normalized spacial score (nSPS) is 12.4. The maximum atomic E-state index is 2.31. The summed E-state index contributed by atoms with van der Waals surface area (Å²) < 4.78 is 0. The molecule has 8 heavy (non-hydrogen) atoms. The molecule has 0 bridgehead atoms. The number of rotatable bonds is 3. The zero-order chi connectivity index (χ0) is 5.70. The van der Waals surface area contributed by atoms with Crippen molar-refractivity contribution < 1.29 is 0 Å². The summed E-state index contributed by atoms with van der Waals surface area (Å²) >= 11 is 0. The zero-order valence-electron chi connectivity index (χ0n) is 5.70. The van der Waals surface area contributed by atoms with E-state index in [4.69, 9.17) is 0 Å². The fourth-order valence-corrected chi connectivity index (χ4v) is 0.697. The number of hydrogen-bond acceptors (Lipinski definition) is 0. The maximum absolute atomic E-state index is 2.31. The predicted molar refractivity (Wildman–Crippen MR) is 41.1 cm³/mol. The fraction of sp³-hybridized carbons (Fsp3) is 1.00. The summed E-state index contributed by atoms with van der Waals surface area (Å²) in [7, 11) is 0. The molecule has 0 N–H and O–H groups in total. The van der Waals surface area contributed by atoms with Crippen molar-refractivity contribution in [2.45, 2.75) is 47.5 Å². The van der Waals surface area contributed by atoms with E-state index in [1.54, 1.807) is 0 Å². The van der Waals surface area contributed by atoms with Gasteiger partial charge in [-0.3, -0.25) is 0 Å². The van der Waals surface area contributed by atoms with Gasteiger partial charge in [0.05, 0.1) is 0 Å². The van der Waals surface area contributed by atoms with E-state index in [0.717, 1.165) is 5.92 Å². The van der Waals surface area contributed by atoms with E-state index in [9.17, 15) is 0 Å². The molecule has 0 aromatic rings. The predicted octanol–water partition coefficient (Wildman–Crippen LogP) is 3.47. The molecule has 0 heterocycles. The smallest absolute Gasteiger partial charge is 0.0446 e. The molecule has 1 unspecified atom stereocenters. The molecule has 0 aliphatic heterocycles.